The minimum absolute atomic E-state index is 0.123. The Balaban J connectivity index is 2.95. The second-order valence-electron chi connectivity index (χ2n) is 8.37. The summed E-state index contributed by atoms with van der Waals surface area (Å²) in [4.78, 5) is 12.7. The Hall–Kier alpha value is -0.853. The van der Waals surface area contributed by atoms with E-state index in [0.717, 1.165) is 16.5 Å². The van der Waals surface area contributed by atoms with Gasteiger partial charge >= 0.3 is 6.09 Å². The lowest BCUT2D eigenvalue weighted by molar-refractivity contribution is 0.150. The first-order chi connectivity index (χ1) is 12.5. The molecule has 0 radical (unpaired) electrons. The summed E-state index contributed by atoms with van der Waals surface area (Å²) in [7, 11) is -0.274. The minimum Gasteiger partial charge on any atom is -0.465 e. The molecule has 1 rings (SSSR count). The second-order valence-corrected chi connectivity index (χ2v) is 14.7. The van der Waals surface area contributed by atoms with Gasteiger partial charge in [-0.05, 0) is 40.7 Å². The first-order valence-corrected chi connectivity index (χ1v) is 12.8. The zero-order chi connectivity index (χ0) is 20.8. The maximum absolute atomic E-state index is 11.3. The first kappa shape index (κ1) is 24.2. The third-order valence-corrected chi connectivity index (χ3v) is 12.3. The van der Waals surface area contributed by atoms with Crippen molar-refractivity contribution in [1.29, 1.82) is 0 Å². The van der Waals surface area contributed by atoms with Crippen LogP contribution in [-0.4, -0.2) is 44.6 Å². The Morgan fingerprint density at radius 3 is 1.96 bits per heavy atom. The van der Waals surface area contributed by atoms with Gasteiger partial charge in [-0.1, -0.05) is 69.6 Å². The molecule has 6 heteroatoms. The summed E-state index contributed by atoms with van der Waals surface area (Å²) in [6.07, 6.45) is -0.0755. The van der Waals surface area contributed by atoms with E-state index in [1.165, 1.54) is 4.90 Å². The van der Waals surface area contributed by atoms with E-state index < -0.39 is 14.4 Å². The highest BCUT2D eigenvalue weighted by molar-refractivity contribution is 9.10. The van der Waals surface area contributed by atoms with Gasteiger partial charge in [-0.3, -0.25) is 0 Å². The minimum atomic E-state index is -1.90. The molecule has 1 atom stereocenters. The highest BCUT2D eigenvalue weighted by atomic mass is 79.9. The van der Waals surface area contributed by atoms with E-state index in [-0.39, 0.29) is 5.92 Å². The van der Waals surface area contributed by atoms with Gasteiger partial charge in [-0.25, -0.2) is 4.79 Å². The van der Waals surface area contributed by atoms with Crippen LogP contribution in [0.1, 0.15) is 59.4 Å². The Labute approximate surface area is 174 Å². The van der Waals surface area contributed by atoms with Crippen LogP contribution in [0, 0.1) is 0 Å². The van der Waals surface area contributed by atoms with Crippen molar-refractivity contribution >= 4 is 30.3 Å². The van der Waals surface area contributed by atoms with Crippen LogP contribution < -0.4 is 0 Å². The molecule has 0 spiro atoms. The average molecular weight is 459 g/mol. The third kappa shape index (κ3) is 6.33. The SMILES string of the molecule is CC(C)[Si](OCCC(CN(C)C(=O)O)c1ccc(Br)cc1)(C(C)C)C(C)C. The molecule has 0 saturated heterocycles. The molecule has 1 aromatic rings. The van der Waals surface area contributed by atoms with Gasteiger partial charge < -0.3 is 14.4 Å². The fraction of sp³-hybridized carbons (Fsp3) is 0.667. The lowest BCUT2D eigenvalue weighted by Gasteiger charge is -2.42. The van der Waals surface area contributed by atoms with Crippen molar-refractivity contribution in [3.8, 4) is 0 Å². The van der Waals surface area contributed by atoms with Crippen LogP contribution in [0.5, 0.6) is 0 Å². The Bertz CT molecular complexity index is 568. The number of amides is 1. The number of nitrogens with zero attached hydrogens (tertiary/aromatic N) is 1. The number of rotatable bonds is 10. The first-order valence-electron chi connectivity index (χ1n) is 9.85. The van der Waals surface area contributed by atoms with Crippen LogP contribution in [0.2, 0.25) is 16.6 Å². The molecule has 0 aliphatic carbocycles. The molecule has 1 amide bonds. The standard InChI is InChI=1S/C21H36BrNO3Si/c1-15(2)27(16(3)4,17(5)6)26-13-12-19(14-23(7)21(24)25)18-8-10-20(22)11-9-18/h8-11,15-17,19H,12-14H2,1-7H3,(H,24,25). The smallest absolute Gasteiger partial charge is 0.407 e. The van der Waals surface area contributed by atoms with E-state index in [2.05, 4.69) is 69.6 Å². The van der Waals surface area contributed by atoms with E-state index in [1.54, 1.807) is 7.05 Å². The van der Waals surface area contributed by atoms with E-state index in [9.17, 15) is 9.90 Å². The lowest BCUT2D eigenvalue weighted by atomic mass is 9.96. The zero-order valence-corrected chi connectivity index (χ0v) is 20.4. The van der Waals surface area contributed by atoms with Crippen molar-refractivity contribution in [2.24, 2.45) is 0 Å². The predicted octanol–water partition coefficient (Wildman–Crippen LogP) is 6.72. The van der Waals surface area contributed by atoms with Gasteiger partial charge in [0.25, 0.3) is 0 Å². The van der Waals surface area contributed by atoms with Gasteiger partial charge in [0.1, 0.15) is 0 Å². The van der Waals surface area contributed by atoms with Gasteiger partial charge in [-0.15, -0.1) is 0 Å². The molecule has 0 heterocycles. The van der Waals surface area contributed by atoms with Crippen molar-refractivity contribution in [2.75, 3.05) is 20.2 Å². The largest absolute Gasteiger partial charge is 0.465 e. The molecule has 1 aromatic carbocycles. The van der Waals surface area contributed by atoms with Gasteiger partial charge in [0.2, 0.25) is 0 Å². The highest BCUT2D eigenvalue weighted by Gasteiger charge is 2.44. The monoisotopic (exact) mass is 457 g/mol. The zero-order valence-electron chi connectivity index (χ0n) is 17.8. The average Bonchev–Trinajstić information content (AvgIpc) is 2.57. The molecule has 0 aromatic heterocycles. The van der Waals surface area contributed by atoms with Crippen LogP contribution in [0.25, 0.3) is 0 Å². The normalized spacial score (nSPS) is 13.4. The lowest BCUT2D eigenvalue weighted by Crippen LogP contribution is -2.48. The maximum Gasteiger partial charge on any atom is 0.407 e. The molecule has 0 aliphatic heterocycles. The molecule has 0 saturated carbocycles. The molecule has 154 valence electrons. The number of likely N-dealkylation sites (N-methyl/N-ethyl adjacent to an activating group) is 1. The number of hydrogen-bond donors (Lipinski definition) is 1. The van der Waals surface area contributed by atoms with E-state index in [0.29, 0.717) is 29.8 Å². The van der Waals surface area contributed by atoms with E-state index in [1.807, 2.05) is 12.1 Å². The van der Waals surface area contributed by atoms with Crippen LogP contribution in [0.3, 0.4) is 0 Å². The van der Waals surface area contributed by atoms with Crippen LogP contribution >= 0.6 is 15.9 Å². The molecular formula is C21H36BrNO3Si. The van der Waals surface area contributed by atoms with Gasteiger partial charge in [0, 0.05) is 30.6 Å². The number of halogens is 1. The van der Waals surface area contributed by atoms with Crippen LogP contribution in [0.15, 0.2) is 28.7 Å². The summed E-state index contributed by atoms with van der Waals surface area (Å²) < 4.78 is 7.72. The summed E-state index contributed by atoms with van der Waals surface area (Å²) in [5, 5.41) is 9.29. The molecular weight excluding hydrogens is 422 g/mol. The quantitative estimate of drug-likeness (QED) is 0.396. The number of hydrogen-bond acceptors (Lipinski definition) is 2. The van der Waals surface area contributed by atoms with Crippen molar-refractivity contribution in [1.82, 2.24) is 4.90 Å². The molecule has 0 aliphatic rings. The number of carbonyl (C=O) groups is 1. The van der Waals surface area contributed by atoms with Crippen molar-refractivity contribution < 1.29 is 14.3 Å². The molecule has 1 unspecified atom stereocenters. The molecule has 27 heavy (non-hydrogen) atoms. The summed E-state index contributed by atoms with van der Waals surface area (Å²) in [5.74, 6) is 0.123. The summed E-state index contributed by atoms with van der Waals surface area (Å²) in [6, 6.07) is 8.17. The van der Waals surface area contributed by atoms with Crippen molar-refractivity contribution in [2.45, 2.75) is 70.5 Å². The summed E-state index contributed by atoms with van der Waals surface area (Å²) in [5.41, 5.74) is 2.79. The van der Waals surface area contributed by atoms with E-state index >= 15 is 0 Å². The van der Waals surface area contributed by atoms with E-state index in [4.69, 9.17) is 4.43 Å². The van der Waals surface area contributed by atoms with Gasteiger partial charge in [0.05, 0.1) is 0 Å². The second kappa shape index (κ2) is 10.6. The van der Waals surface area contributed by atoms with Crippen LogP contribution in [0.4, 0.5) is 4.79 Å². The highest BCUT2D eigenvalue weighted by Crippen LogP contribution is 2.42. The van der Waals surface area contributed by atoms with Gasteiger partial charge in [-0.2, -0.15) is 0 Å². The molecule has 0 bridgehead atoms. The number of benzene rings is 1. The fourth-order valence-corrected chi connectivity index (χ4v) is 10.1. The van der Waals surface area contributed by atoms with Crippen LogP contribution in [-0.2, 0) is 4.43 Å². The van der Waals surface area contributed by atoms with Crippen molar-refractivity contribution in [3.63, 3.8) is 0 Å². The number of carboxylic acid groups (broad SMARTS) is 1. The molecule has 1 N–H and O–H groups in total. The maximum atomic E-state index is 11.3. The van der Waals surface area contributed by atoms with Gasteiger partial charge in [0.15, 0.2) is 8.32 Å². The molecule has 0 fully saturated rings. The van der Waals surface area contributed by atoms with Crippen molar-refractivity contribution in [3.05, 3.63) is 34.3 Å². The summed E-state index contributed by atoms with van der Waals surface area (Å²) >= 11 is 3.47. The summed E-state index contributed by atoms with van der Waals surface area (Å²) in [6.45, 7) is 14.9. The third-order valence-electron chi connectivity index (χ3n) is 5.69. The molecule has 4 nitrogen and oxygen atoms in total. The topological polar surface area (TPSA) is 49.8 Å². The predicted molar refractivity (Wildman–Crippen MR) is 119 cm³/mol. The fourth-order valence-electron chi connectivity index (χ4n) is 4.38. The Kier molecular flexibility index (Phi) is 9.52. The Morgan fingerprint density at radius 1 is 1.07 bits per heavy atom. The Morgan fingerprint density at radius 2 is 1.56 bits per heavy atom.